The van der Waals surface area contributed by atoms with Gasteiger partial charge < -0.3 is 14.8 Å². The van der Waals surface area contributed by atoms with Crippen LogP contribution in [0.1, 0.15) is 56.8 Å². The molecule has 3 rings (SSSR count). The van der Waals surface area contributed by atoms with Crippen molar-refractivity contribution in [1.29, 1.82) is 0 Å². The van der Waals surface area contributed by atoms with E-state index in [0.717, 1.165) is 38.9 Å². The highest BCUT2D eigenvalue weighted by atomic mass is 16.5. The maximum atomic E-state index is 12.3. The molecule has 1 saturated heterocycles. The van der Waals surface area contributed by atoms with Crippen LogP contribution in [0.5, 0.6) is 0 Å². The third kappa shape index (κ3) is 4.98. The summed E-state index contributed by atoms with van der Waals surface area (Å²) in [7, 11) is 0. The van der Waals surface area contributed by atoms with E-state index in [2.05, 4.69) is 25.9 Å². The molecule has 0 aromatic carbocycles. The van der Waals surface area contributed by atoms with Crippen molar-refractivity contribution in [2.24, 2.45) is 11.8 Å². The Hall–Kier alpha value is -1.54. The molecule has 2 aliphatic rings. The van der Waals surface area contributed by atoms with Gasteiger partial charge in [-0.15, -0.1) is 10.2 Å². The van der Waals surface area contributed by atoms with E-state index in [-0.39, 0.29) is 18.6 Å². The average molecular weight is 337 g/mol. The standard InChI is InChI=1S/C16H27N5O3/c22-14(11-24-10-12-5-4-8-23-9-12)17-15(16-18-20-21-19-16)13-6-2-1-3-7-13/h12-13,15H,1-11H2,(H,17,22)(H,18,19,20,21). The minimum Gasteiger partial charge on any atom is -0.381 e. The first-order valence-corrected chi connectivity index (χ1v) is 9.01. The number of ether oxygens (including phenoxy) is 2. The van der Waals surface area contributed by atoms with Crippen molar-refractivity contribution in [3.05, 3.63) is 5.82 Å². The SMILES string of the molecule is O=C(COCC1CCCOC1)NC(c1nn[nH]n1)C1CCCCC1. The molecule has 24 heavy (non-hydrogen) atoms. The minimum absolute atomic E-state index is 0.0670. The van der Waals surface area contributed by atoms with Crippen LogP contribution in [0.2, 0.25) is 0 Å². The molecule has 8 heteroatoms. The van der Waals surface area contributed by atoms with Crippen molar-refractivity contribution in [1.82, 2.24) is 25.9 Å². The molecule has 1 aromatic heterocycles. The van der Waals surface area contributed by atoms with Crippen molar-refractivity contribution in [2.75, 3.05) is 26.4 Å². The normalized spacial score (nSPS) is 23.8. The molecule has 2 fully saturated rings. The largest absolute Gasteiger partial charge is 0.381 e. The third-order valence-electron chi connectivity index (χ3n) is 4.92. The van der Waals surface area contributed by atoms with E-state index in [0.29, 0.717) is 24.3 Å². The maximum Gasteiger partial charge on any atom is 0.246 e. The second-order valence-corrected chi connectivity index (χ2v) is 6.81. The Labute approximate surface area is 142 Å². The highest BCUT2D eigenvalue weighted by Gasteiger charge is 2.29. The Morgan fingerprint density at radius 1 is 1.29 bits per heavy atom. The second kappa shape index (κ2) is 9.08. The topological polar surface area (TPSA) is 102 Å². The van der Waals surface area contributed by atoms with Gasteiger partial charge in [-0.3, -0.25) is 4.79 Å². The summed E-state index contributed by atoms with van der Waals surface area (Å²) in [5.41, 5.74) is 0. The summed E-state index contributed by atoms with van der Waals surface area (Å²) >= 11 is 0. The van der Waals surface area contributed by atoms with Gasteiger partial charge in [-0.25, -0.2) is 0 Å². The molecular formula is C16H27N5O3. The smallest absolute Gasteiger partial charge is 0.246 e. The van der Waals surface area contributed by atoms with Gasteiger partial charge in [0.1, 0.15) is 6.61 Å². The van der Waals surface area contributed by atoms with Crippen LogP contribution in [-0.4, -0.2) is 53.0 Å². The van der Waals surface area contributed by atoms with Gasteiger partial charge in [-0.05, 0) is 31.6 Å². The first-order valence-electron chi connectivity index (χ1n) is 9.01. The van der Waals surface area contributed by atoms with Gasteiger partial charge in [0.15, 0.2) is 5.82 Å². The number of nitrogens with zero attached hydrogens (tertiary/aromatic N) is 3. The second-order valence-electron chi connectivity index (χ2n) is 6.81. The van der Waals surface area contributed by atoms with Crippen LogP contribution < -0.4 is 5.32 Å². The van der Waals surface area contributed by atoms with Crippen LogP contribution in [0, 0.1) is 11.8 Å². The lowest BCUT2D eigenvalue weighted by atomic mass is 9.83. The number of carbonyl (C=O) groups excluding carboxylic acids is 1. The first-order chi connectivity index (χ1) is 11.8. The number of carbonyl (C=O) groups is 1. The third-order valence-corrected chi connectivity index (χ3v) is 4.92. The molecular weight excluding hydrogens is 310 g/mol. The van der Waals surface area contributed by atoms with E-state index in [9.17, 15) is 4.79 Å². The van der Waals surface area contributed by atoms with Gasteiger partial charge in [-0.2, -0.15) is 5.21 Å². The molecule has 1 amide bonds. The van der Waals surface area contributed by atoms with Crippen LogP contribution >= 0.6 is 0 Å². The zero-order valence-corrected chi connectivity index (χ0v) is 14.1. The minimum atomic E-state index is -0.182. The number of rotatable bonds is 7. The van der Waals surface area contributed by atoms with E-state index in [1.807, 2.05) is 0 Å². The lowest BCUT2D eigenvalue weighted by Crippen LogP contribution is -2.37. The monoisotopic (exact) mass is 337 g/mol. The van der Waals surface area contributed by atoms with E-state index >= 15 is 0 Å². The summed E-state index contributed by atoms with van der Waals surface area (Å²) < 4.78 is 11.0. The van der Waals surface area contributed by atoms with Gasteiger partial charge in [0.25, 0.3) is 0 Å². The fourth-order valence-electron chi connectivity index (χ4n) is 3.63. The van der Waals surface area contributed by atoms with Crippen LogP contribution in [0.3, 0.4) is 0 Å². The van der Waals surface area contributed by atoms with Gasteiger partial charge in [-0.1, -0.05) is 24.5 Å². The predicted octanol–water partition coefficient (Wildman–Crippen LogP) is 1.38. The number of nitrogens with one attached hydrogen (secondary N) is 2. The summed E-state index contributed by atoms with van der Waals surface area (Å²) in [6, 6.07) is -0.182. The van der Waals surface area contributed by atoms with Crippen LogP contribution in [0.25, 0.3) is 0 Å². The van der Waals surface area contributed by atoms with Gasteiger partial charge >= 0.3 is 0 Å². The van der Waals surface area contributed by atoms with Crippen molar-refractivity contribution < 1.29 is 14.3 Å². The highest BCUT2D eigenvalue weighted by molar-refractivity contribution is 5.77. The molecule has 134 valence electrons. The Bertz CT molecular complexity index is 484. The quantitative estimate of drug-likeness (QED) is 0.779. The number of aromatic nitrogens is 4. The van der Waals surface area contributed by atoms with Gasteiger partial charge in [0.05, 0.1) is 19.3 Å². The van der Waals surface area contributed by atoms with Crippen LogP contribution in [0.15, 0.2) is 0 Å². The predicted molar refractivity (Wildman–Crippen MR) is 86.0 cm³/mol. The zero-order chi connectivity index (χ0) is 16.6. The number of hydrogen-bond acceptors (Lipinski definition) is 6. The molecule has 0 bridgehead atoms. The molecule has 2 heterocycles. The number of H-pyrrole nitrogens is 1. The maximum absolute atomic E-state index is 12.3. The Kier molecular flexibility index (Phi) is 6.54. The molecule has 2 N–H and O–H groups in total. The van der Waals surface area contributed by atoms with Crippen molar-refractivity contribution in [3.63, 3.8) is 0 Å². The average Bonchev–Trinajstić information content (AvgIpc) is 3.16. The van der Waals surface area contributed by atoms with Crippen LogP contribution in [0.4, 0.5) is 0 Å². The number of aromatic amines is 1. The number of amides is 1. The van der Waals surface area contributed by atoms with Crippen molar-refractivity contribution in [3.8, 4) is 0 Å². The van der Waals surface area contributed by atoms with Gasteiger partial charge in [0, 0.05) is 12.5 Å². The molecule has 1 saturated carbocycles. The first kappa shape index (κ1) is 17.3. The van der Waals surface area contributed by atoms with E-state index in [1.54, 1.807) is 0 Å². The zero-order valence-electron chi connectivity index (χ0n) is 14.1. The summed E-state index contributed by atoms with van der Waals surface area (Å²) in [5.74, 6) is 1.22. The fraction of sp³-hybridized carbons (Fsp3) is 0.875. The van der Waals surface area contributed by atoms with Gasteiger partial charge in [0.2, 0.25) is 5.91 Å². The molecule has 0 radical (unpaired) electrons. The van der Waals surface area contributed by atoms with Crippen molar-refractivity contribution in [2.45, 2.75) is 51.0 Å². The lowest BCUT2D eigenvalue weighted by Gasteiger charge is -2.29. The Morgan fingerprint density at radius 2 is 2.17 bits per heavy atom. The van der Waals surface area contributed by atoms with Crippen molar-refractivity contribution >= 4 is 5.91 Å². The van der Waals surface area contributed by atoms with E-state index in [1.165, 1.54) is 19.3 Å². The van der Waals surface area contributed by atoms with Crippen LogP contribution in [-0.2, 0) is 14.3 Å². The fourth-order valence-corrected chi connectivity index (χ4v) is 3.63. The molecule has 0 spiro atoms. The molecule has 2 atom stereocenters. The molecule has 2 unspecified atom stereocenters. The van der Waals surface area contributed by atoms with E-state index in [4.69, 9.17) is 9.47 Å². The summed E-state index contributed by atoms with van der Waals surface area (Å²) in [6.45, 7) is 2.21. The number of tetrazole rings is 1. The Morgan fingerprint density at radius 3 is 2.88 bits per heavy atom. The molecule has 1 aromatic rings. The summed E-state index contributed by atoms with van der Waals surface area (Å²) in [6.07, 6.45) is 7.98. The highest BCUT2D eigenvalue weighted by Crippen LogP contribution is 2.32. The molecule has 1 aliphatic carbocycles. The number of hydrogen-bond donors (Lipinski definition) is 2. The summed E-state index contributed by atoms with van der Waals surface area (Å²) in [5, 5.41) is 17.3. The lowest BCUT2D eigenvalue weighted by molar-refractivity contribution is -0.128. The molecule has 1 aliphatic heterocycles. The Balaban J connectivity index is 1.47. The summed E-state index contributed by atoms with van der Waals surface area (Å²) in [4.78, 5) is 12.3. The molecule has 8 nitrogen and oxygen atoms in total. The van der Waals surface area contributed by atoms with E-state index < -0.39 is 0 Å².